The molecule has 0 aliphatic rings. The Bertz CT molecular complexity index is 51.1. The molecule has 0 heterocycles. The summed E-state index contributed by atoms with van der Waals surface area (Å²) in [6.45, 7) is 10.3. The van der Waals surface area contributed by atoms with E-state index in [0.29, 0.717) is 0 Å². The van der Waals surface area contributed by atoms with Gasteiger partial charge in [-0.05, 0) is 6.92 Å². The molecule has 0 saturated carbocycles. The summed E-state index contributed by atoms with van der Waals surface area (Å²) in [5.41, 5.74) is 0.907. The van der Waals surface area contributed by atoms with E-state index in [-0.39, 0.29) is 0 Å². The molecule has 0 bridgehead atoms. The summed E-state index contributed by atoms with van der Waals surface area (Å²) in [5.74, 6) is 0. The molecule has 5 heavy (non-hydrogen) atoms. The maximum atomic E-state index is 4.95. The molecule has 0 fully saturated rings. The molecule has 0 spiro atoms. The van der Waals surface area contributed by atoms with Crippen LogP contribution in [0, 0.1) is 6.58 Å². The molecule has 27 valence electrons. The molecule has 0 atom stereocenters. The van der Waals surface area contributed by atoms with Crippen LogP contribution in [-0.2, 0) is 0 Å². The highest BCUT2D eigenvalue weighted by Gasteiger charge is 1.59. The van der Waals surface area contributed by atoms with Crippen molar-refractivity contribution in [2.45, 2.75) is 6.92 Å². The molecular formula is C5H7. The zero-order valence-corrected chi connectivity index (χ0v) is 3.36. The highest BCUT2D eigenvalue weighted by atomic mass is 13.7. The molecule has 0 aromatic heterocycles. The first-order valence-corrected chi connectivity index (χ1v) is 1.48. The van der Waals surface area contributed by atoms with Crippen LogP contribution in [-0.4, -0.2) is 0 Å². The Kier molecular flexibility index (Phi) is 1.58. The van der Waals surface area contributed by atoms with Gasteiger partial charge in [-0.2, -0.15) is 0 Å². The molecule has 0 rings (SSSR count). The first kappa shape index (κ1) is 4.48. The van der Waals surface area contributed by atoms with Crippen LogP contribution >= 0.6 is 0 Å². The summed E-state index contributed by atoms with van der Waals surface area (Å²) >= 11 is 0. The Morgan fingerprint density at radius 3 is 2.20 bits per heavy atom. The monoisotopic (exact) mass is 67.1 g/mol. The van der Waals surface area contributed by atoms with Gasteiger partial charge in [-0.1, -0.05) is 24.8 Å². The van der Waals surface area contributed by atoms with Gasteiger partial charge >= 0.3 is 0 Å². The van der Waals surface area contributed by atoms with E-state index in [1.807, 2.05) is 6.92 Å². The van der Waals surface area contributed by atoms with Crippen LogP contribution in [0.25, 0.3) is 0 Å². The summed E-state index contributed by atoms with van der Waals surface area (Å²) in [6, 6.07) is 0. The van der Waals surface area contributed by atoms with Gasteiger partial charge in [0.05, 0.1) is 0 Å². The molecule has 0 N–H and O–H groups in total. The maximum Gasteiger partial charge on any atom is -0.0404 e. The second kappa shape index (κ2) is 1.77. The van der Waals surface area contributed by atoms with Gasteiger partial charge in [0.2, 0.25) is 0 Å². The van der Waals surface area contributed by atoms with Gasteiger partial charge in [0.25, 0.3) is 0 Å². The van der Waals surface area contributed by atoms with Gasteiger partial charge in [-0.15, -0.1) is 0 Å². The van der Waals surface area contributed by atoms with Crippen LogP contribution in [0.15, 0.2) is 18.2 Å². The second-order valence-corrected chi connectivity index (χ2v) is 1.01. The predicted octanol–water partition coefficient (Wildman–Crippen LogP) is 1.55. The normalized spacial score (nSPS) is 6.60. The van der Waals surface area contributed by atoms with Crippen LogP contribution < -0.4 is 0 Å². The molecule has 0 heteroatoms. The molecular weight excluding hydrogens is 60.1 g/mol. The predicted molar refractivity (Wildman–Crippen MR) is 23.7 cm³/mol. The fourth-order valence-electron chi connectivity index (χ4n) is 0. The summed E-state index contributed by atoms with van der Waals surface area (Å²) in [6.07, 6.45) is 1.47. The molecule has 0 aromatic rings. The van der Waals surface area contributed by atoms with Crippen molar-refractivity contribution in [1.82, 2.24) is 0 Å². The first-order valence-electron chi connectivity index (χ1n) is 1.48. The smallest absolute Gasteiger partial charge is 0.0404 e. The van der Waals surface area contributed by atoms with Crippen molar-refractivity contribution in [2.24, 2.45) is 0 Å². The van der Waals surface area contributed by atoms with Crippen LogP contribution in [0.4, 0.5) is 0 Å². The number of hydrogen-bond acceptors (Lipinski definition) is 0. The highest BCUT2D eigenvalue weighted by molar-refractivity contribution is 5.04. The minimum absolute atomic E-state index is 0.907. The largest absolute Gasteiger partial charge is 0.0961 e. The lowest BCUT2D eigenvalue weighted by atomic mass is 10.4. The molecule has 0 nitrogen and oxygen atoms in total. The quantitative estimate of drug-likeness (QED) is 0.408. The Balaban J connectivity index is 3.20. The van der Waals surface area contributed by atoms with E-state index >= 15 is 0 Å². The molecule has 0 unspecified atom stereocenters. The van der Waals surface area contributed by atoms with E-state index in [4.69, 9.17) is 6.58 Å². The van der Waals surface area contributed by atoms with E-state index in [2.05, 4.69) is 6.58 Å². The van der Waals surface area contributed by atoms with E-state index in [1.165, 1.54) is 6.08 Å². The van der Waals surface area contributed by atoms with Gasteiger partial charge in [0.1, 0.15) is 0 Å². The summed E-state index contributed by atoms with van der Waals surface area (Å²) in [7, 11) is 0. The average Bonchev–Trinajstić information content (AvgIpc) is 1.38. The SMILES string of the molecule is [CH]=CC(=C)C. The second-order valence-electron chi connectivity index (χ2n) is 1.01. The lowest BCUT2D eigenvalue weighted by Crippen LogP contribution is -1.50. The number of rotatable bonds is 1. The Morgan fingerprint density at radius 2 is 2.20 bits per heavy atom. The number of hydrogen-bond donors (Lipinski definition) is 0. The molecule has 0 amide bonds. The minimum Gasteiger partial charge on any atom is -0.0961 e. The highest BCUT2D eigenvalue weighted by Crippen LogP contribution is 1.80. The topological polar surface area (TPSA) is 0 Å². The van der Waals surface area contributed by atoms with Gasteiger partial charge < -0.3 is 0 Å². The minimum atomic E-state index is 0.907. The fourth-order valence-corrected chi connectivity index (χ4v) is 0. The van der Waals surface area contributed by atoms with E-state index in [1.54, 1.807) is 0 Å². The molecule has 1 radical (unpaired) electrons. The average molecular weight is 67.1 g/mol. The Hall–Kier alpha value is -0.520. The van der Waals surface area contributed by atoms with Crippen LogP contribution in [0.1, 0.15) is 6.92 Å². The Morgan fingerprint density at radius 1 is 2.00 bits per heavy atom. The van der Waals surface area contributed by atoms with Gasteiger partial charge in [0, 0.05) is 0 Å². The Labute approximate surface area is 32.8 Å². The lowest BCUT2D eigenvalue weighted by Gasteiger charge is -1.71. The van der Waals surface area contributed by atoms with Gasteiger partial charge in [0.15, 0.2) is 0 Å². The van der Waals surface area contributed by atoms with E-state index in [9.17, 15) is 0 Å². The number of allylic oxidation sites excluding steroid dienone is 2. The zero-order valence-electron chi connectivity index (χ0n) is 3.36. The third kappa shape index (κ3) is 3.48. The molecule has 0 aromatic carbocycles. The van der Waals surface area contributed by atoms with Crippen LogP contribution in [0.5, 0.6) is 0 Å². The maximum absolute atomic E-state index is 4.95. The molecule has 0 aliphatic heterocycles. The van der Waals surface area contributed by atoms with Crippen molar-refractivity contribution in [3.05, 3.63) is 24.8 Å². The van der Waals surface area contributed by atoms with Crippen LogP contribution in [0.2, 0.25) is 0 Å². The summed E-state index contributed by atoms with van der Waals surface area (Å²) in [4.78, 5) is 0. The van der Waals surface area contributed by atoms with Crippen LogP contribution in [0.3, 0.4) is 0 Å². The van der Waals surface area contributed by atoms with Crippen molar-refractivity contribution in [1.29, 1.82) is 0 Å². The zero-order chi connectivity index (χ0) is 4.28. The fraction of sp³-hybridized carbons (Fsp3) is 0.200. The van der Waals surface area contributed by atoms with Crippen molar-refractivity contribution in [2.75, 3.05) is 0 Å². The molecule has 0 saturated heterocycles. The van der Waals surface area contributed by atoms with Gasteiger partial charge in [-0.3, -0.25) is 0 Å². The summed E-state index contributed by atoms with van der Waals surface area (Å²) in [5, 5.41) is 0. The van der Waals surface area contributed by atoms with Crippen molar-refractivity contribution in [3.63, 3.8) is 0 Å². The third-order valence-electron chi connectivity index (χ3n) is 0.285. The summed E-state index contributed by atoms with van der Waals surface area (Å²) < 4.78 is 0. The van der Waals surface area contributed by atoms with E-state index in [0.717, 1.165) is 5.57 Å². The van der Waals surface area contributed by atoms with Crippen molar-refractivity contribution < 1.29 is 0 Å². The van der Waals surface area contributed by atoms with E-state index < -0.39 is 0 Å². The van der Waals surface area contributed by atoms with Crippen molar-refractivity contribution >= 4 is 0 Å². The van der Waals surface area contributed by atoms with Crippen molar-refractivity contribution in [3.8, 4) is 0 Å². The standard InChI is InChI=1S/C5H7/c1-4-5(2)3/h1,4H,2H2,3H3. The lowest BCUT2D eigenvalue weighted by molar-refractivity contribution is 1.57. The first-order chi connectivity index (χ1) is 2.27. The third-order valence-corrected chi connectivity index (χ3v) is 0.285. The van der Waals surface area contributed by atoms with Gasteiger partial charge in [-0.25, -0.2) is 0 Å². The molecule has 0 aliphatic carbocycles.